The molecule has 10 aromatic carbocycles. The van der Waals surface area contributed by atoms with Crippen LogP contribution >= 0.6 is 11.3 Å². The standard InChI is InChI=1S/C56H35NOS/c1-2-10-42-34-43(21-20-36(42)8-1)39-18-16-37(17-19-39)38-22-28-45(29-23-38)57(51-13-7-14-52-55(51)49-32-26-41-9-3-4-11-47(41)56(49)58-52)46-30-24-40(25-31-46)44-27-33-54-50(35-44)48-12-5-6-15-53(48)59-54/h1-35H. The van der Waals surface area contributed by atoms with E-state index in [9.17, 15) is 0 Å². The minimum Gasteiger partial charge on any atom is -0.455 e. The molecule has 0 amide bonds. The van der Waals surface area contributed by atoms with Crippen molar-refractivity contribution in [2.45, 2.75) is 0 Å². The van der Waals surface area contributed by atoms with Gasteiger partial charge in [-0.25, -0.2) is 0 Å². The molecule has 0 bridgehead atoms. The Morgan fingerprint density at radius 3 is 1.63 bits per heavy atom. The highest BCUT2D eigenvalue weighted by atomic mass is 32.1. The van der Waals surface area contributed by atoms with Crippen molar-refractivity contribution in [1.82, 2.24) is 0 Å². The first-order valence-corrected chi connectivity index (χ1v) is 20.9. The molecular weight excluding hydrogens is 735 g/mol. The Morgan fingerprint density at radius 2 is 0.881 bits per heavy atom. The summed E-state index contributed by atoms with van der Waals surface area (Å²) in [4.78, 5) is 2.37. The van der Waals surface area contributed by atoms with Crippen LogP contribution in [0.15, 0.2) is 217 Å². The van der Waals surface area contributed by atoms with E-state index in [0.29, 0.717) is 0 Å². The van der Waals surface area contributed by atoms with E-state index in [1.165, 1.54) is 69.7 Å². The molecule has 59 heavy (non-hydrogen) atoms. The Hall–Kier alpha value is -7.46. The Morgan fingerprint density at radius 1 is 0.339 bits per heavy atom. The van der Waals surface area contributed by atoms with Crippen LogP contribution in [0.1, 0.15) is 0 Å². The van der Waals surface area contributed by atoms with Crippen molar-refractivity contribution in [2.24, 2.45) is 0 Å². The fourth-order valence-electron chi connectivity index (χ4n) is 8.88. The Labute approximate surface area is 345 Å². The van der Waals surface area contributed by atoms with E-state index in [1.54, 1.807) is 0 Å². The number of benzene rings is 10. The third-order valence-corrected chi connectivity index (χ3v) is 13.0. The molecule has 12 aromatic rings. The molecule has 0 spiro atoms. The second kappa shape index (κ2) is 13.6. The highest BCUT2D eigenvalue weighted by Crippen LogP contribution is 2.45. The fraction of sp³-hybridized carbons (Fsp3) is 0. The third-order valence-electron chi connectivity index (χ3n) is 11.9. The van der Waals surface area contributed by atoms with Crippen LogP contribution in [0.2, 0.25) is 0 Å². The van der Waals surface area contributed by atoms with Crippen LogP contribution in [0.25, 0.3) is 97.0 Å². The van der Waals surface area contributed by atoms with E-state index >= 15 is 0 Å². The van der Waals surface area contributed by atoms with Crippen molar-refractivity contribution in [3.05, 3.63) is 212 Å². The maximum absolute atomic E-state index is 6.68. The Bertz CT molecular complexity index is 3540. The number of hydrogen-bond acceptors (Lipinski definition) is 3. The fourth-order valence-corrected chi connectivity index (χ4v) is 9.97. The molecule has 2 aromatic heterocycles. The molecule has 0 saturated heterocycles. The van der Waals surface area contributed by atoms with Crippen LogP contribution in [0.4, 0.5) is 17.1 Å². The van der Waals surface area contributed by atoms with Crippen molar-refractivity contribution in [1.29, 1.82) is 0 Å². The van der Waals surface area contributed by atoms with Gasteiger partial charge in [-0.2, -0.15) is 0 Å². The number of nitrogens with zero attached hydrogens (tertiary/aromatic N) is 1. The van der Waals surface area contributed by atoms with E-state index in [1.807, 2.05) is 11.3 Å². The lowest BCUT2D eigenvalue weighted by molar-refractivity contribution is 0.672. The normalized spacial score (nSPS) is 11.7. The van der Waals surface area contributed by atoms with Crippen LogP contribution in [-0.4, -0.2) is 0 Å². The van der Waals surface area contributed by atoms with Crippen molar-refractivity contribution in [3.8, 4) is 33.4 Å². The lowest BCUT2D eigenvalue weighted by Crippen LogP contribution is -2.10. The van der Waals surface area contributed by atoms with Gasteiger partial charge >= 0.3 is 0 Å². The van der Waals surface area contributed by atoms with Crippen molar-refractivity contribution >= 4 is 92.1 Å². The SMILES string of the molecule is c1ccc2cc(-c3ccc(-c4ccc(N(c5ccc(-c6ccc7sc8ccccc8c7c6)cc5)c5cccc6oc7c8ccccc8ccc7c56)cc4)cc3)ccc2c1. The molecule has 0 atom stereocenters. The van der Waals surface area contributed by atoms with Gasteiger partial charge in [-0.1, -0.05) is 146 Å². The van der Waals surface area contributed by atoms with Crippen LogP contribution in [0.3, 0.4) is 0 Å². The lowest BCUT2D eigenvalue weighted by atomic mass is 9.98. The topological polar surface area (TPSA) is 16.4 Å². The van der Waals surface area contributed by atoms with Gasteiger partial charge in [-0.05, 0) is 116 Å². The molecular formula is C56H35NOS. The molecule has 0 fully saturated rings. The zero-order valence-corrected chi connectivity index (χ0v) is 32.8. The quantitative estimate of drug-likeness (QED) is 0.167. The van der Waals surface area contributed by atoms with E-state index in [0.717, 1.165) is 44.4 Å². The summed E-state index contributed by atoms with van der Waals surface area (Å²) >= 11 is 1.85. The number of thiophene rings is 1. The molecule has 0 radical (unpaired) electrons. The van der Waals surface area contributed by atoms with Gasteiger partial charge in [0, 0.05) is 42.3 Å². The first-order chi connectivity index (χ1) is 29.2. The zero-order chi connectivity index (χ0) is 38.9. The maximum atomic E-state index is 6.68. The third kappa shape index (κ3) is 5.70. The summed E-state index contributed by atoms with van der Waals surface area (Å²) < 4.78 is 9.32. The van der Waals surface area contributed by atoms with Gasteiger partial charge in [0.2, 0.25) is 0 Å². The molecule has 0 unspecified atom stereocenters. The van der Waals surface area contributed by atoms with Crippen molar-refractivity contribution in [2.75, 3.05) is 4.90 Å². The van der Waals surface area contributed by atoms with Gasteiger partial charge in [0.25, 0.3) is 0 Å². The summed E-state index contributed by atoms with van der Waals surface area (Å²) in [7, 11) is 0. The van der Waals surface area contributed by atoms with Crippen LogP contribution in [0, 0.1) is 0 Å². The lowest BCUT2D eigenvalue weighted by Gasteiger charge is -2.26. The highest BCUT2D eigenvalue weighted by molar-refractivity contribution is 7.25. The minimum atomic E-state index is 0.870. The number of furan rings is 1. The smallest absolute Gasteiger partial charge is 0.143 e. The summed E-state index contributed by atoms with van der Waals surface area (Å²) in [6.07, 6.45) is 0. The van der Waals surface area contributed by atoms with Gasteiger partial charge in [0.15, 0.2) is 0 Å². The number of fused-ring (bicyclic) bond motifs is 9. The average molecular weight is 770 g/mol. The predicted molar refractivity (Wildman–Crippen MR) is 253 cm³/mol. The molecule has 2 heterocycles. The Kier molecular flexibility index (Phi) is 7.75. The molecule has 12 rings (SSSR count). The van der Waals surface area contributed by atoms with Crippen LogP contribution in [-0.2, 0) is 0 Å². The van der Waals surface area contributed by atoms with E-state index in [2.05, 4.69) is 217 Å². The summed E-state index contributed by atoms with van der Waals surface area (Å²) in [5.41, 5.74) is 12.2. The van der Waals surface area contributed by atoms with E-state index in [4.69, 9.17) is 4.42 Å². The van der Waals surface area contributed by atoms with Gasteiger partial charge in [-0.3, -0.25) is 0 Å². The second-order valence-corrected chi connectivity index (χ2v) is 16.4. The summed E-state index contributed by atoms with van der Waals surface area (Å²) in [5.74, 6) is 0. The monoisotopic (exact) mass is 769 g/mol. The van der Waals surface area contributed by atoms with Crippen LogP contribution in [0.5, 0.6) is 0 Å². The summed E-state index contributed by atoms with van der Waals surface area (Å²) in [6.45, 7) is 0. The number of anilines is 3. The molecule has 0 saturated carbocycles. The average Bonchev–Trinajstić information content (AvgIpc) is 3.88. The van der Waals surface area contributed by atoms with Crippen LogP contribution < -0.4 is 4.90 Å². The predicted octanol–water partition coefficient (Wildman–Crippen LogP) is 16.7. The summed E-state index contributed by atoms with van der Waals surface area (Å²) in [5, 5.41) is 9.63. The molecule has 0 aliphatic rings. The van der Waals surface area contributed by atoms with E-state index < -0.39 is 0 Å². The van der Waals surface area contributed by atoms with Gasteiger partial charge in [0.05, 0.1) is 11.1 Å². The molecule has 2 nitrogen and oxygen atoms in total. The van der Waals surface area contributed by atoms with Gasteiger partial charge < -0.3 is 9.32 Å². The van der Waals surface area contributed by atoms with Crippen molar-refractivity contribution < 1.29 is 4.42 Å². The summed E-state index contributed by atoms with van der Waals surface area (Å²) in [6, 6.07) is 77.0. The maximum Gasteiger partial charge on any atom is 0.143 e. The number of rotatable bonds is 6. The highest BCUT2D eigenvalue weighted by Gasteiger charge is 2.21. The molecule has 0 aliphatic carbocycles. The van der Waals surface area contributed by atoms with Crippen molar-refractivity contribution in [3.63, 3.8) is 0 Å². The molecule has 276 valence electrons. The zero-order valence-electron chi connectivity index (χ0n) is 32.0. The second-order valence-electron chi connectivity index (χ2n) is 15.3. The minimum absolute atomic E-state index is 0.870. The molecule has 0 N–H and O–H groups in total. The number of hydrogen-bond donors (Lipinski definition) is 0. The first kappa shape index (κ1) is 33.7. The van der Waals surface area contributed by atoms with Gasteiger partial charge in [-0.15, -0.1) is 11.3 Å². The largest absolute Gasteiger partial charge is 0.455 e. The van der Waals surface area contributed by atoms with Gasteiger partial charge in [0.1, 0.15) is 11.2 Å². The first-order valence-electron chi connectivity index (χ1n) is 20.1. The Balaban J connectivity index is 0.952. The molecule has 0 aliphatic heterocycles. The molecule has 3 heteroatoms. The van der Waals surface area contributed by atoms with E-state index in [-0.39, 0.29) is 0 Å².